The Morgan fingerprint density at radius 1 is 0.824 bits per heavy atom. The van der Waals surface area contributed by atoms with Crippen LogP contribution in [0.15, 0.2) is 66.7 Å². The Labute approximate surface area is 101 Å². The molecule has 1 heteroatoms. The first kappa shape index (κ1) is 8.82. The van der Waals surface area contributed by atoms with Crippen LogP contribution >= 0.6 is 0 Å². The molecule has 0 saturated carbocycles. The molecule has 17 heavy (non-hydrogen) atoms. The van der Waals surface area contributed by atoms with Crippen molar-refractivity contribution in [3.8, 4) is 16.9 Å². The second-order valence-corrected chi connectivity index (χ2v) is 3.99. The average molecular weight is 221 g/mol. The minimum atomic E-state index is 0.255. The number of aromatic hydroxyl groups is 1. The molecule has 0 atom stereocenters. The fourth-order valence-corrected chi connectivity index (χ4v) is 2.03. The van der Waals surface area contributed by atoms with Gasteiger partial charge in [-0.25, -0.2) is 0 Å². The van der Waals surface area contributed by atoms with Crippen LogP contribution in [-0.4, -0.2) is 5.11 Å². The summed E-state index contributed by atoms with van der Waals surface area (Å²) in [6.45, 7) is 0. The van der Waals surface area contributed by atoms with Crippen LogP contribution in [0.1, 0.15) is 1.37 Å². The number of fused-ring (bicyclic) bond motifs is 1. The van der Waals surface area contributed by atoms with E-state index >= 15 is 0 Å². The van der Waals surface area contributed by atoms with Crippen molar-refractivity contribution < 1.29 is 6.48 Å². The Morgan fingerprint density at radius 2 is 1.59 bits per heavy atom. The van der Waals surface area contributed by atoms with Crippen LogP contribution in [0.3, 0.4) is 0 Å². The number of hydrogen-bond acceptors (Lipinski definition) is 1. The van der Waals surface area contributed by atoms with Gasteiger partial charge in [-0.2, -0.15) is 0 Å². The van der Waals surface area contributed by atoms with Gasteiger partial charge < -0.3 is 5.11 Å². The first-order valence-corrected chi connectivity index (χ1v) is 5.53. The molecule has 0 radical (unpaired) electrons. The molecule has 0 aliphatic rings. The quantitative estimate of drug-likeness (QED) is 0.652. The van der Waals surface area contributed by atoms with Crippen molar-refractivity contribution in [2.75, 3.05) is 0 Å². The smallest absolute Gasteiger partial charge is 0.115 e. The molecule has 0 saturated heterocycles. The van der Waals surface area contributed by atoms with E-state index in [1.165, 1.54) is 0 Å². The Balaban J connectivity index is 2.32. The van der Waals surface area contributed by atoms with Gasteiger partial charge in [0.05, 0.1) is 1.37 Å². The fraction of sp³-hybridized carbons (Fsp3) is 0. The molecule has 0 aliphatic heterocycles. The number of rotatable bonds is 1. The van der Waals surface area contributed by atoms with E-state index in [9.17, 15) is 5.11 Å². The highest BCUT2D eigenvalue weighted by Crippen LogP contribution is 2.29. The van der Waals surface area contributed by atoms with Gasteiger partial charge in [0.1, 0.15) is 5.75 Å². The fourth-order valence-electron chi connectivity index (χ4n) is 2.03. The first-order chi connectivity index (χ1) is 8.75. The molecule has 3 aromatic carbocycles. The largest absolute Gasteiger partial charge is 0.508 e. The third-order valence-electron chi connectivity index (χ3n) is 2.87. The van der Waals surface area contributed by atoms with Crippen LogP contribution in [0, 0.1) is 0 Å². The summed E-state index contributed by atoms with van der Waals surface area (Å²) in [6.07, 6.45) is 0. The summed E-state index contributed by atoms with van der Waals surface area (Å²) in [5.41, 5.74) is 2.04. The van der Waals surface area contributed by atoms with Crippen molar-refractivity contribution in [3.63, 3.8) is 0 Å². The molecule has 0 bridgehead atoms. The van der Waals surface area contributed by atoms with Crippen molar-refractivity contribution in [1.29, 1.82) is 0 Å². The third-order valence-corrected chi connectivity index (χ3v) is 2.87. The van der Waals surface area contributed by atoms with Gasteiger partial charge in [-0.05, 0) is 34.0 Å². The molecule has 0 heterocycles. The highest BCUT2D eigenvalue weighted by molar-refractivity contribution is 5.96. The predicted octanol–water partition coefficient (Wildman–Crippen LogP) is 4.21. The Bertz CT molecular complexity index is 697. The Kier molecular flexibility index (Phi) is 2.05. The van der Waals surface area contributed by atoms with Crippen molar-refractivity contribution >= 4 is 10.8 Å². The molecule has 82 valence electrons. The van der Waals surface area contributed by atoms with Crippen LogP contribution in [0.2, 0.25) is 0 Å². The van der Waals surface area contributed by atoms with Gasteiger partial charge in [0.15, 0.2) is 0 Å². The summed E-state index contributed by atoms with van der Waals surface area (Å²) in [7, 11) is 0. The number of phenolic OH excluding ortho intramolecular Hbond substituents is 1. The second kappa shape index (κ2) is 3.95. The monoisotopic (exact) mass is 221 g/mol. The molecular formula is C16H12O. The second-order valence-electron chi connectivity index (χ2n) is 3.99. The molecular weight excluding hydrogens is 208 g/mol. The van der Waals surface area contributed by atoms with E-state index in [0.29, 0.717) is 6.04 Å². The molecule has 0 fully saturated rings. The highest BCUT2D eigenvalue weighted by atomic mass is 16.3. The lowest BCUT2D eigenvalue weighted by molar-refractivity contribution is 0.475. The number of hydrogen-bond donors (Lipinski definition) is 1. The van der Waals surface area contributed by atoms with E-state index in [0.717, 1.165) is 21.9 Å². The van der Waals surface area contributed by atoms with E-state index in [-0.39, 0.29) is 5.75 Å². The minimum Gasteiger partial charge on any atom is -0.508 e. The number of phenols is 1. The van der Waals surface area contributed by atoms with Crippen LogP contribution < -0.4 is 0 Å². The zero-order chi connectivity index (χ0) is 12.5. The number of benzene rings is 3. The molecule has 0 aliphatic carbocycles. The highest BCUT2D eigenvalue weighted by Gasteiger charge is 2.02. The molecule has 0 spiro atoms. The average Bonchev–Trinajstić information content (AvgIpc) is 2.39. The van der Waals surface area contributed by atoms with E-state index in [1.54, 1.807) is 18.2 Å². The third kappa shape index (κ3) is 1.76. The van der Waals surface area contributed by atoms with Gasteiger partial charge in [-0.1, -0.05) is 54.6 Å². The van der Waals surface area contributed by atoms with E-state index < -0.39 is 0 Å². The normalized spacial score (nSPS) is 11.4. The maximum Gasteiger partial charge on any atom is 0.115 e. The maximum absolute atomic E-state index is 9.33. The summed E-state index contributed by atoms with van der Waals surface area (Å²) in [5.74, 6) is 0.255. The summed E-state index contributed by atoms with van der Waals surface area (Å²) in [5, 5.41) is 11.3. The van der Waals surface area contributed by atoms with Gasteiger partial charge in [0, 0.05) is 0 Å². The van der Waals surface area contributed by atoms with E-state index in [4.69, 9.17) is 1.37 Å². The molecule has 0 aromatic heterocycles. The van der Waals surface area contributed by atoms with Crippen LogP contribution in [-0.2, 0) is 0 Å². The minimum absolute atomic E-state index is 0.255. The van der Waals surface area contributed by atoms with Gasteiger partial charge in [-0.15, -0.1) is 0 Å². The van der Waals surface area contributed by atoms with Crippen LogP contribution in [0.5, 0.6) is 5.75 Å². The van der Waals surface area contributed by atoms with Gasteiger partial charge in [-0.3, -0.25) is 0 Å². The van der Waals surface area contributed by atoms with E-state index in [2.05, 4.69) is 0 Å². The molecule has 1 nitrogen and oxygen atoms in total. The molecule has 0 amide bonds. The van der Waals surface area contributed by atoms with E-state index in [1.807, 2.05) is 42.5 Å². The predicted molar refractivity (Wildman–Crippen MR) is 71.0 cm³/mol. The molecule has 3 aromatic rings. The molecule has 1 N–H and O–H groups in total. The lowest BCUT2D eigenvalue weighted by Crippen LogP contribution is -1.80. The summed E-state index contributed by atoms with van der Waals surface area (Å²) in [6, 6.07) is 19.3. The molecule has 3 rings (SSSR count). The van der Waals surface area contributed by atoms with Gasteiger partial charge >= 0.3 is 0 Å². The summed E-state index contributed by atoms with van der Waals surface area (Å²) in [4.78, 5) is 0. The summed E-state index contributed by atoms with van der Waals surface area (Å²) < 4.78 is 8.05. The van der Waals surface area contributed by atoms with Crippen molar-refractivity contribution in [2.45, 2.75) is 0 Å². The lowest BCUT2D eigenvalue weighted by atomic mass is 9.98. The van der Waals surface area contributed by atoms with Gasteiger partial charge in [0.2, 0.25) is 0 Å². The Morgan fingerprint density at radius 3 is 2.41 bits per heavy atom. The SMILES string of the molecule is [2H]c1cccc2cccc(-c3ccc(O)cc3)c12. The topological polar surface area (TPSA) is 20.2 Å². The Hall–Kier alpha value is -2.28. The zero-order valence-electron chi connectivity index (χ0n) is 10.2. The van der Waals surface area contributed by atoms with Crippen LogP contribution in [0.25, 0.3) is 21.9 Å². The van der Waals surface area contributed by atoms with Crippen molar-refractivity contribution in [1.82, 2.24) is 0 Å². The van der Waals surface area contributed by atoms with Gasteiger partial charge in [0.25, 0.3) is 0 Å². The van der Waals surface area contributed by atoms with Crippen molar-refractivity contribution in [2.24, 2.45) is 0 Å². The molecule has 0 unspecified atom stereocenters. The summed E-state index contributed by atoms with van der Waals surface area (Å²) >= 11 is 0. The van der Waals surface area contributed by atoms with Crippen molar-refractivity contribution in [3.05, 3.63) is 66.7 Å². The lowest BCUT2D eigenvalue weighted by Gasteiger charge is -2.06. The first-order valence-electron chi connectivity index (χ1n) is 6.03. The van der Waals surface area contributed by atoms with Crippen LogP contribution in [0.4, 0.5) is 0 Å². The zero-order valence-corrected chi connectivity index (χ0v) is 9.22. The maximum atomic E-state index is 9.33. The standard InChI is InChI=1S/C16H12O/c17-14-10-8-13(9-11-14)16-7-3-5-12-4-1-2-6-15(12)16/h1-11,17H/i6D.